The predicted octanol–water partition coefficient (Wildman–Crippen LogP) is 6.33. The highest BCUT2D eigenvalue weighted by molar-refractivity contribution is 6.46. The maximum atomic E-state index is 13.4. The molecule has 198 valence electrons. The Hall–Kier alpha value is -3.84. The fourth-order valence-corrected chi connectivity index (χ4v) is 4.63. The molecular formula is C30H29ClFNO5. The van der Waals surface area contributed by atoms with Gasteiger partial charge in [-0.25, -0.2) is 4.39 Å². The van der Waals surface area contributed by atoms with Gasteiger partial charge >= 0.3 is 0 Å². The van der Waals surface area contributed by atoms with Crippen molar-refractivity contribution in [3.8, 4) is 11.5 Å². The third-order valence-corrected chi connectivity index (χ3v) is 6.46. The fourth-order valence-electron chi connectivity index (χ4n) is 4.46. The molecule has 0 spiro atoms. The lowest BCUT2D eigenvalue weighted by Gasteiger charge is -2.26. The molecule has 0 aliphatic carbocycles. The minimum absolute atomic E-state index is 0.0411. The van der Waals surface area contributed by atoms with Crippen LogP contribution in [0.1, 0.15) is 43.5 Å². The quantitative estimate of drug-likeness (QED) is 0.196. The van der Waals surface area contributed by atoms with Crippen LogP contribution in [-0.2, 0) is 16.0 Å². The summed E-state index contributed by atoms with van der Waals surface area (Å²) in [5.74, 6) is -1.28. The van der Waals surface area contributed by atoms with Gasteiger partial charge in [-0.3, -0.25) is 9.59 Å². The number of carbonyl (C=O) groups is 2. The van der Waals surface area contributed by atoms with E-state index < -0.39 is 17.7 Å². The van der Waals surface area contributed by atoms with Gasteiger partial charge in [-0.1, -0.05) is 35.9 Å². The molecule has 4 rings (SSSR count). The molecule has 3 aromatic carbocycles. The summed E-state index contributed by atoms with van der Waals surface area (Å²) in [6.45, 7) is 6.15. The molecule has 38 heavy (non-hydrogen) atoms. The number of aliphatic hydroxyl groups excluding tert-OH is 1. The highest BCUT2D eigenvalue weighted by Crippen LogP contribution is 2.41. The van der Waals surface area contributed by atoms with Crippen molar-refractivity contribution in [1.82, 2.24) is 4.90 Å². The number of ketones is 1. The molecule has 1 saturated heterocycles. The zero-order chi connectivity index (χ0) is 27.4. The summed E-state index contributed by atoms with van der Waals surface area (Å²) in [5.41, 5.74) is 1.68. The molecule has 6 nitrogen and oxygen atoms in total. The van der Waals surface area contributed by atoms with Gasteiger partial charge in [-0.05, 0) is 80.8 Å². The molecular weight excluding hydrogens is 509 g/mol. The first-order valence-electron chi connectivity index (χ1n) is 12.4. The van der Waals surface area contributed by atoms with Crippen molar-refractivity contribution in [2.75, 3.05) is 13.2 Å². The molecule has 0 aromatic heterocycles. The zero-order valence-electron chi connectivity index (χ0n) is 21.4. The van der Waals surface area contributed by atoms with Gasteiger partial charge in [0.15, 0.2) is 0 Å². The molecule has 1 fully saturated rings. The highest BCUT2D eigenvalue weighted by atomic mass is 35.5. The number of benzene rings is 3. The molecule has 0 radical (unpaired) electrons. The Morgan fingerprint density at radius 3 is 2.50 bits per heavy atom. The first kappa shape index (κ1) is 27.2. The van der Waals surface area contributed by atoms with E-state index >= 15 is 0 Å². The van der Waals surface area contributed by atoms with Gasteiger partial charge < -0.3 is 19.5 Å². The van der Waals surface area contributed by atoms with Crippen molar-refractivity contribution >= 4 is 29.1 Å². The number of Topliss-reactive ketones (excluding diaryl/α,β-unsaturated/α-hetero) is 1. The summed E-state index contributed by atoms with van der Waals surface area (Å²) in [5, 5.41) is 11.7. The Kier molecular flexibility index (Phi) is 8.37. The normalized spacial score (nSPS) is 16.8. The van der Waals surface area contributed by atoms with E-state index in [2.05, 4.69) is 0 Å². The molecule has 8 heteroatoms. The molecule has 1 amide bonds. The maximum Gasteiger partial charge on any atom is 0.295 e. The summed E-state index contributed by atoms with van der Waals surface area (Å²) in [7, 11) is 0. The summed E-state index contributed by atoms with van der Waals surface area (Å²) in [6.07, 6.45) is 0.308. The standard InChI is InChI=1S/C30H29ClFNO5/c1-4-37-25-17-21(10-13-24(25)31)28(34)26-27(20-6-5-7-23(16-20)38-18(2)3)33(30(36)29(26)35)15-14-19-8-11-22(32)12-9-19/h5-13,16-18,27,34H,4,14-15H2,1-3H3/b28-26-. The van der Waals surface area contributed by atoms with Crippen molar-refractivity contribution in [2.24, 2.45) is 0 Å². The van der Waals surface area contributed by atoms with Crippen molar-refractivity contribution in [3.05, 3.63) is 99.8 Å². The third kappa shape index (κ3) is 5.83. The highest BCUT2D eigenvalue weighted by Gasteiger charge is 2.46. The number of ether oxygens (including phenoxy) is 2. The number of amides is 1. The van der Waals surface area contributed by atoms with E-state index in [-0.39, 0.29) is 29.8 Å². The number of likely N-dealkylation sites (tertiary alicyclic amines) is 1. The number of rotatable bonds is 9. The Balaban J connectivity index is 1.80. The number of halogens is 2. The minimum atomic E-state index is -0.864. The van der Waals surface area contributed by atoms with Gasteiger partial charge in [0.1, 0.15) is 23.1 Å². The molecule has 1 unspecified atom stereocenters. The van der Waals surface area contributed by atoms with Gasteiger partial charge in [-0.15, -0.1) is 0 Å². The van der Waals surface area contributed by atoms with Crippen molar-refractivity contribution in [3.63, 3.8) is 0 Å². The largest absolute Gasteiger partial charge is 0.507 e. The summed E-state index contributed by atoms with van der Waals surface area (Å²) < 4.78 is 24.8. The topological polar surface area (TPSA) is 76.1 Å². The summed E-state index contributed by atoms with van der Waals surface area (Å²) in [6, 6.07) is 16.9. The van der Waals surface area contributed by atoms with Gasteiger partial charge in [-0.2, -0.15) is 0 Å². The predicted molar refractivity (Wildman–Crippen MR) is 144 cm³/mol. The second-order valence-electron chi connectivity index (χ2n) is 9.19. The lowest BCUT2D eigenvalue weighted by Crippen LogP contribution is -2.31. The fraction of sp³-hybridized carbons (Fsp3) is 0.267. The molecule has 1 atom stereocenters. The second kappa shape index (κ2) is 11.7. The van der Waals surface area contributed by atoms with E-state index in [1.165, 1.54) is 17.0 Å². The van der Waals surface area contributed by atoms with Crippen LogP contribution in [0.5, 0.6) is 11.5 Å². The third-order valence-electron chi connectivity index (χ3n) is 6.14. The van der Waals surface area contributed by atoms with E-state index in [0.717, 1.165) is 5.56 Å². The van der Waals surface area contributed by atoms with E-state index in [1.54, 1.807) is 54.6 Å². The van der Waals surface area contributed by atoms with Crippen LogP contribution in [0.25, 0.3) is 5.76 Å². The second-order valence-corrected chi connectivity index (χ2v) is 9.59. The SMILES string of the molecule is CCOc1cc(/C(O)=C2/C(=O)C(=O)N(CCc3ccc(F)cc3)C2c2cccc(OC(C)C)c2)ccc1Cl. The average Bonchev–Trinajstić information content (AvgIpc) is 3.14. The Labute approximate surface area is 226 Å². The van der Waals surface area contributed by atoms with E-state index in [9.17, 15) is 19.1 Å². The number of hydrogen-bond donors (Lipinski definition) is 1. The molecule has 1 N–H and O–H groups in total. The number of aliphatic hydroxyl groups is 1. The molecule has 1 aliphatic heterocycles. The minimum Gasteiger partial charge on any atom is -0.507 e. The van der Waals surface area contributed by atoms with Crippen LogP contribution in [0.15, 0.2) is 72.3 Å². The van der Waals surface area contributed by atoms with Crippen LogP contribution in [0.3, 0.4) is 0 Å². The van der Waals surface area contributed by atoms with Gasteiger partial charge in [0.2, 0.25) is 0 Å². The van der Waals surface area contributed by atoms with Crippen LogP contribution in [0.4, 0.5) is 4.39 Å². The Bertz CT molecular complexity index is 1370. The Morgan fingerprint density at radius 2 is 1.82 bits per heavy atom. The van der Waals surface area contributed by atoms with E-state index in [0.29, 0.717) is 40.7 Å². The van der Waals surface area contributed by atoms with Crippen molar-refractivity contribution in [1.29, 1.82) is 0 Å². The summed E-state index contributed by atoms with van der Waals surface area (Å²) >= 11 is 6.22. The first-order chi connectivity index (χ1) is 18.2. The van der Waals surface area contributed by atoms with E-state index in [4.69, 9.17) is 21.1 Å². The molecule has 1 aliphatic rings. The molecule has 1 heterocycles. The van der Waals surface area contributed by atoms with Gasteiger partial charge in [0.25, 0.3) is 11.7 Å². The number of hydrogen-bond acceptors (Lipinski definition) is 5. The van der Waals surface area contributed by atoms with Crippen LogP contribution in [0, 0.1) is 5.82 Å². The van der Waals surface area contributed by atoms with Crippen LogP contribution in [-0.4, -0.2) is 41.0 Å². The average molecular weight is 538 g/mol. The number of carbonyl (C=O) groups excluding carboxylic acids is 2. The van der Waals surface area contributed by atoms with Gasteiger partial charge in [0.05, 0.1) is 29.3 Å². The zero-order valence-corrected chi connectivity index (χ0v) is 22.2. The molecule has 0 saturated carbocycles. The van der Waals surface area contributed by atoms with Crippen molar-refractivity contribution < 1.29 is 28.6 Å². The molecule has 3 aromatic rings. The molecule has 0 bridgehead atoms. The smallest absolute Gasteiger partial charge is 0.295 e. The lowest BCUT2D eigenvalue weighted by atomic mass is 9.95. The van der Waals surface area contributed by atoms with Crippen LogP contribution < -0.4 is 9.47 Å². The monoisotopic (exact) mass is 537 g/mol. The summed E-state index contributed by atoms with van der Waals surface area (Å²) in [4.78, 5) is 28.1. The maximum absolute atomic E-state index is 13.4. The lowest BCUT2D eigenvalue weighted by molar-refractivity contribution is -0.139. The first-order valence-corrected chi connectivity index (χ1v) is 12.8. The van der Waals surface area contributed by atoms with Crippen LogP contribution in [0.2, 0.25) is 5.02 Å². The van der Waals surface area contributed by atoms with E-state index in [1.807, 2.05) is 20.8 Å². The van der Waals surface area contributed by atoms with Gasteiger partial charge in [0, 0.05) is 12.1 Å². The Morgan fingerprint density at radius 1 is 1.08 bits per heavy atom. The number of nitrogens with zero attached hydrogens (tertiary/aromatic N) is 1. The van der Waals surface area contributed by atoms with Crippen molar-refractivity contribution in [2.45, 2.75) is 39.3 Å². The van der Waals surface area contributed by atoms with Crippen LogP contribution >= 0.6 is 11.6 Å².